The predicted octanol–water partition coefficient (Wildman–Crippen LogP) is 3.30. The van der Waals surface area contributed by atoms with Crippen molar-refractivity contribution in [3.8, 4) is 5.75 Å². The van der Waals surface area contributed by atoms with Crippen LogP contribution in [0.5, 0.6) is 5.75 Å². The number of halogens is 1. The first kappa shape index (κ1) is 13.3. The predicted molar refractivity (Wildman–Crippen MR) is 70.3 cm³/mol. The van der Waals surface area contributed by atoms with E-state index >= 15 is 0 Å². The SMILES string of the molecule is COCCCCNc1cc(Br)cc(OC)c1. The van der Waals surface area contributed by atoms with E-state index in [1.165, 1.54) is 0 Å². The first-order valence-electron chi connectivity index (χ1n) is 5.33. The molecule has 0 unspecified atom stereocenters. The molecule has 3 nitrogen and oxygen atoms in total. The van der Waals surface area contributed by atoms with Crippen LogP contribution in [0.2, 0.25) is 0 Å². The molecule has 0 bridgehead atoms. The topological polar surface area (TPSA) is 30.5 Å². The van der Waals surface area contributed by atoms with Crippen molar-refractivity contribution >= 4 is 21.6 Å². The van der Waals surface area contributed by atoms with Crippen LogP contribution in [0.25, 0.3) is 0 Å². The van der Waals surface area contributed by atoms with Crippen LogP contribution in [0, 0.1) is 0 Å². The number of hydrogen-bond acceptors (Lipinski definition) is 3. The molecule has 4 heteroatoms. The highest BCUT2D eigenvalue weighted by molar-refractivity contribution is 9.10. The molecule has 0 fully saturated rings. The van der Waals surface area contributed by atoms with Gasteiger partial charge in [-0.1, -0.05) is 15.9 Å². The third-order valence-corrected chi connectivity index (χ3v) is 2.67. The maximum Gasteiger partial charge on any atom is 0.122 e. The molecule has 1 aromatic rings. The number of unbranched alkanes of at least 4 members (excludes halogenated alkanes) is 1. The zero-order chi connectivity index (χ0) is 11.8. The Morgan fingerprint density at radius 1 is 1.19 bits per heavy atom. The fourth-order valence-electron chi connectivity index (χ4n) is 1.39. The van der Waals surface area contributed by atoms with Crippen molar-refractivity contribution in [1.82, 2.24) is 0 Å². The monoisotopic (exact) mass is 287 g/mol. The maximum absolute atomic E-state index is 5.19. The molecule has 0 spiro atoms. The van der Waals surface area contributed by atoms with Crippen molar-refractivity contribution in [3.63, 3.8) is 0 Å². The maximum atomic E-state index is 5.19. The molecule has 1 N–H and O–H groups in total. The molecule has 16 heavy (non-hydrogen) atoms. The molecular weight excluding hydrogens is 270 g/mol. The first-order chi connectivity index (χ1) is 7.76. The molecule has 0 amide bonds. The Bertz CT molecular complexity index is 318. The van der Waals surface area contributed by atoms with E-state index in [2.05, 4.69) is 21.2 Å². The van der Waals surface area contributed by atoms with Gasteiger partial charge in [0, 0.05) is 36.5 Å². The van der Waals surface area contributed by atoms with Gasteiger partial charge in [-0.2, -0.15) is 0 Å². The van der Waals surface area contributed by atoms with Gasteiger partial charge in [0.2, 0.25) is 0 Å². The summed E-state index contributed by atoms with van der Waals surface area (Å²) in [6.45, 7) is 1.77. The third-order valence-electron chi connectivity index (χ3n) is 2.21. The molecule has 0 aliphatic heterocycles. The molecule has 0 saturated heterocycles. The van der Waals surface area contributed by atoms with Crippen LogP contribution >= 0.6 is 15.9 Å². The second-order valence-electron chi connectivity index (χ2n) is 3.51. The average Bonchev–Trinajstić information content (AvgIpc) is 2.28. The van der Waals surface area contributed by atoms with Gasteiger partial charge in [0.1, 0.15) is 5.75 Å². The van der Waals surface area contributed by atoms with E-state index < -0.39 is 0 Å². The van der Waals surface area contributed by atoms with E-state index in [9.17, 15) is 0 Å². The largest absolute Gasteiger partial charge is 0.497 e. The standard InChI is InChI=1S/C12H18BrNO2/c1-15-6-4-3-5-14-11-7-10(13)8-12(9-11)16-2/h7-9,14H,3-6H2,1-2H3. The van der Waals surface area contributed by atoms with Crippen LogP contribution in [-0.4, -0.2) is 27.4 Å². The number of ether oxygens (including phenoxy) is 2. The van der Waals surface area contributed by atoms with Crippen LogP contribution in [-0.2, 0) is 4.74 Å². The lowest BCUT2D eigenvalue weighted by Crippen LogP contribution is -2.03. The number of hydrogen-bond donors (Lipinski definition) is 1. The summed E-state index contributed by atoms with van der Waals surface area (Å²) in [5.41, 5.74) is 1.07. The molecular formula is C12H18BrNO2. The Hall–Kier alpha value is -0.740. The van der Waals surface area contributed by atoms with E-state index in [0.29, 0.717) is 0 Å². The second-order valence-corrected chi connectivity index (χ2v) is 4.42. The van der Waals surface area contributed by atoms with Gasteiger partial charge >= 0.3 is 0 Å². The van der Waals surface area contributed by atoms with E-state index in [1.807, 2.05) is 18.2 Å². The molecule has 0 aromatic heterocycles. The van der Waals surface area contributed by atoms with Crippen molar-refractivity contribution < 1.29 is 9.47 Å². The normalized spacial score (nSPS) is 10.2. The highest BCUT2D eigenvalue weighted by Crippen LogP contribution is 2.24. The Kier molecular flexibility index (Phi) is 6.26. The highest BCUT2D eigenvalue weighted by Gasteiger charge is 1.98. The van der Waals surface area contributed by atoms with Crippen molar-refractivity contribution in [1.29, 1.82) is 0 Å². The van der Waals surface area contributed by atoms with Crippen LogP contribution in [0.4, 0.5) is 5.69 Å². The molecule has 90 valence electrons. The summed E-state index contributed by atoms with van der Waals surface area (Å²) in [7, 11) is 3.40. The molecule has 0 atom stereocenters. The number of nitrogens with one attached hydrogen (secondary N) is 1. The Balaban J connectivity index is 2.38. The molecule has 0 saturated carbocycles. The minimum Gasteiger partial charge on any atom is -0.497 e. The lowest BCUT2D eigenvalue weighted by atomic mass is 10.2. The van der Waals surface area contributed by atoms with E-state index in [1.54, 1.807) is 14.2 Å². The minimum absolute atomic E-state index is 0.823. The van der Waals surface area contributed by atoms with Gasteiger partial charge < -0.3 is 14.8 Å². The summed E-state index contributed by atoms with van der Waals surface area (Å²) >= 11 is 3.45. The number of benzene rings is 1. The van der Waals surface area contributed by atoms with E-state index in [4.69, 9.17) is 9.47 Å². The van der Waals surface area contributed by atoms with Gasteiger partial charge in [-0.3, -0.25) is 0 Å². The molecule has 0 aliphatic rings. The lowest BCUT2D eigenvalue weighted by molar-refractivity contribution is 0.194. The van der Waals surface area contributed by atoms with Gasteiger partial charge in [-0.05, 0) is 25.0 Å². The molecule has 0 aliphatic carbocycles. The summed E-state index contributed by atoms with van der Waals surface area (Å²) in [6, 6.07) is 5.97. The fourth-order valence-corrected chi connectivity index (χ4v) is 1.86. The van der Waals surface area contributed by atoms with Gasteiger partial charge in [0.25, 0.3) is 0 Å². The summed E-state index contributed by atoms with van der Waals surface area (Å²) in [4.78, 5) is 0. The van der Waals surface area contributed by atoms with Crippen molar-refractivity contribution in [2.75, 3.05) is 32.7 Å². The molecule has 1 aromatic carbocycles. The lowest BCUT2D eigenvalue weighted by Gasteiger charge is -2.08. The number of rotatable bonds is 7. The smallest absolute Gasteiger partial charge is 0.122 e. The first-order valence-corrected chi connectivity index (χ1v) is 6.13. The van der Waals surface area contributed by atoms with E-state index in [-0.39, 0.29) is 0 Å². The summed E-state index contributed by atoms with van der Waals surface area (Å²) in [5.74, 6) is 0.855. The van der Waals surface area contributed by atoms with Gasteiger partial charge in [0.15, 0.2) is 0 Å². The summed E-state index contributed by atoms with van der Waals surface area (Å²) in [6.07, 6.45) is 2.18. The highest BCUT2D eigenvalue weighted by atomic mass is 79.9. The Labute approximate surface area is 105 Å². The average molecular weight is 288 g/mol. The van der Waals surface area contributed by atoms with Gasteiger partial charge in [-0.25, -0.2) is 0 Å². The van der Waals surface area contributed by atoms with Gasteiger partial charge in [0.05, 0.1) is 7.11 Å². The van der Waals surface area contributed by atoms with Crippen molar-refractivity contribution in [3.05, 3.63) is 22.7 Å². The van der Waals surface area contributed by atoms with Gasteiger partial charge in [-0.15, -0.1) is 0 Å². The van der Waals surface area contributed by atoms with E-state index in [0.717, 1.165) is 41.9 Å². The number of methoxy groups -OCH3 is 2. The zero-order valence-corrected chi connectivity index (χ0v) is 11.3. The van der Waals surface area contributed by atoms with Crippen molar-refractivity contribution in [2.24, 2.45) is 0 Å². The number of anilines is 1. The molecule has 0 radical (unpaired) electrons. The second kappa shape index (κ2) is 7.52. The third kappa shape index (κ3) is 4.86. The summed E-state index contributed by atoms with van der Waals surface area (Å²) in [5, 5.41) is 3.35. The zero-order valence-electron chi connectivity index (χ0n) is 9.75. The quantitative estimate of drug-likeness (QED) is 0.781. The molecule has 0 heterocycles. The van der Waals surface area contributed by atoms with Crippen LogP contribution in [0.1, 0.15) is 12.8 Å². The minimum atomic E-state index is 0.823. The summed E-state index contributed by atoms with van der Waals surface area (Å²) < 4.78 is 11.2. The Morgan fingerprint density at radius 3 is 2.69 bits per heavy atom. The van der Waals surface area contributed by atoms with Crippen molar-refractivity contribution in [2.45, 2.75) is 12.8 Å². The molecule has 1 rings (SSSR count). The van der Waals surface area contributed by atoms with Crippen LogP contribution in [0.15, 0.2) is 22.7 Å². The van der Waals surface area contributed by atoms with Crippen LogP contribution in [0.3, 0.4) is 0 Å². The van der Waals surface area contributed by atoms with Crippen LogP contribution < -0.4 is 10.1 Å². The Morgan fingerprint density at radius 2 is 2.00 bits per heavy atom. The fraction of sp³-hybridized carbons (Fsp3) is 0.500.